The van der Waals surface area contributed by atoms with E-state index < -0.39 is 0 Å². The summed E-state index contributed by atoms with van der Waals surface area (Å²) in [5.41, 5.74) is 7.46. The number of nitrogens with zero attached hydrogens (tertiary/aromatic N) is 4. The number of pyridine rings is 1. The molecule has 2 N–H and O–H groups in total. The van der Waals surface area contributed by atoms with Gasteiger partial charge in [0.2, 0.25) is 5.91 Å². The van der Waals surface area contributed by atoms with Crippen LogP contribution in [0.4, 0.5) is 5.82 Å². The van der Waals surface area contributed by atoms with Gasteiger partial charge in [-0.3, -0.25) is 9.48 Å². The summed E-state index contributed by atoms with van der Waals surface area (Å²) in [6, 6.07) is 3.65. The molecule has 0 aromatic carbocycles. The van der Waals surface area contributed by atoms with Gasteiger partial charge in [-0.25, -0.2) is 4.98 Å². The molecule has 0 spiro atoms. The third kappa shape index (κ3) is 3.21. The molecule has 3 rings (SSSR count). The molecule has 0 aliphatic carbocycles. The number of rotatable bonds is 3. The van der Waals surface area contributed by atoms with E-state index in [1.165, 1.54) is 6.42 Å². The molecule has 2 aromatic rings. The zero-order valence-corrected chi connectivity index (χ0v) is 11.9. The number of carbonyl (C=O) groups is 1. The lowest BCUT2D eigenvalue weighted by atomic mass is 10.1. The van der Waals surface area contributed by atoms with Crippen LogP contribution in [0.1, 0.15) is 19.3 Å². The van der Waals surface area contributed by atoms with Crippen LogP contribution in [0.15, 0.2) is 30.7 Å². The van der Waals surface area contributed by atoms with Gasteiger partial charge >= 0.3 is 0 Å². The molecular formula is C15H19N5O. The summed E-state index contributed by atoms with van der Waals surface area (Å²) in [5.74, 6) is 0.631. The zero-order chi connectivity index (χ0) is 14.7. The van der Waals surface area contributed by atoms with Gasteiger partial charge < -0.3 is 10.6 Å². The van der Waals surface area contributed by atoms with Crippen molar-refractivity contribution in [1.82, 2.24) is 19.7 Å². The third-order valence-corrected chi connectivity index (χ3v) is 3.76. The first-order valence-electron chi connectivity index (χ1n) is 7.24. The molecule has 1 aliphatic heterocycles. The molecule has 1 aliphatic rings. The number of nitrogens with two attached hydrogens (primary N) is 1. The summed E-state index contributed by atoms with van der Waals surface area (Å²) in [5, 5.41) is 4.26. The van der Waals surface area contributed by atoms with E-state index >= 15 is 0 Å². The summed E-state index contributed by atoms with van der Waals surface area (Å²) < 4.78 is 1.68. The Kier molecular flexibility index (Phi) is 3.85. The molecule has 0 saturated carbocycles. The Bertz CT molecular complexity index is 613. The van der Waals surface area contributed by atoms with Crippen LogP contribution in [-0.2, 0) is 11.3 Å². The number of likely N-dealkylation sites (tertiary alicyclic amines) is 1. The Hall–Kier alpha value is -2.37. The number of anilines is 1. The van der Waals surface area contributed by atoms with Crippen molar-refractivity contribution in [2.45, 2.75) is 25.8 Å². The lowest BCUT2D eigenvalue weighted by Gasteiger charge is -2.26. The molecule has 3 heterocycles. The van der Waals surface area contributed by atoms with Crippen LogP contribution in [0.25, 0.3) is 11.1 Å². The monoisotopic (exact) mass is 285 g/mol. The normalized spacial score (nSPS) is 15.1. The minimum absolute atomic E-state index is 0.139. The van der Waals surface area contributed by atoms with Crippen LogP contribution in [0.5, 0.6) is 0 Å². The largest absolute Gasteiger partial charge is 0.384 e. The number of amides is 1. The van der Waals surface area contributed by atoms with Gasteiger partial charge in [0.05, 0.1) is 6.20 Å². The number of hydrogen-bond acceptors (Lipinski definition) is 4. The van der Waals surface area contributed by atoms with E-state index in [0.717, 1.165) is 37.1 Å². The van der Waals surface area contributed by atoms with Crippen LogP contribution in [0.3, 0.4) is 0 Å². The maximum atomic E-state index is 12.2. The molecule has 1 fully saturated rings. The molecule has 0 atom stereocenters. The van der Waals surface area contributed by atoms with Gasteiger partial charge in [-0.05, 0) is 31.4 Å². The maximum absolute atomic E-state index is 12.2. The molecule has 1 saturated heterocycles. The van der Waals surface area contributed by atoms with Crippen molar-refractivity contribution in [3.8, 4) is 11.1 Å². The quantitative estimate of drug-likeness (QED) is 0.928. The highest BCUT2D eigenvalue weighted by atomic mass is 16.2. The Morgan fingerprint density at radius 2 is 1.95 bits per heavy atom. The van der Waals surface area contributed by atoms with E-state index in [2.05, 4.69) is 10.1 Å². The van der Waals surface area contributed by atoms with Gasteiger partial charge in [0, 0.05) is 36.6 Å². The van der Waals surface area contributed by atoms with E-state index in [4.69, 9.17) is 5.73 Å². The van der Waals surface area contributed by atoms with E-state index in [0.29, 0.717) is 12.4 Å². The van der Waals surface area contributed by atoms with Gasteiger partial charge in [0.25, 0.3) is 0 Å². The van der Waals surface area contributed by atoms with Crippen molar-refractivity contribution in [1.29, 1.82) is 0 Å². The number of hydrogen-bond donors (Lipinski definition) is 1. The van der Waals surface area contributed by atoms with Crippen LogP contribution >= 0.6 is 0 Å². The first kappa shape index (κ1) is 13.6. The average molecular weight is 285 g/mol. The van der Waals surface area contributed by atoms with Crippen molar-refractivity contribution < 1.29 is 4.79 Å². The maximum Gasteiger partial charge on any atom is 0.244 e. The summed E-state index contributed by atoms with van der Waals surface area (Å²) >= 11 is 0. The Balaban J connectivity index is 1.67. The van der Waals surface area contributed by atoms with Crippen molar-refractivity contribution >= 4 is 11.7 Å². The molecule has 21 heavy (non-hydrogen) atoms. The second kappa shape index (κ2) is 5.95. The first-order chi connectivity index (χ1) is 10.2. The third-order valence-electron chi connectivity index (χ3n) is 3.76. The lowest BCUT2D eigenvalue weighted by Crippen LogP contribution is -2.37. The molecule has 0 radical (unpaired) electrons. The molecule has 0 unspecified atom stereocenters. The minimum Gasteiger partial charge on any atom is -0.384 e. The first-order valence-corrected chi connectivity index (χ1v) is 7.24. The highest BCUT2D eigenvalue weighted by molar-refractivity contribution is 5.76. The van der Waals surface area contributed by atoms with Gasteiger partial charge in [-0.1, -0.05) is 0 Å². The van der Waals surface area contributed by atoms with Crippen molar-refractivity contribution in [3.63, 3.8) is 0 Å². The van der Waals surface area contributed by atoms with Crippen molar-refractivity contribution in [2.24, 2.45) is 0 Å². The number of carbonyl (C=O) groups excluding carboxylic acids is 1. The van der Waals surface area contributed by atoms with Crippen LogP contribution in [0.2, 0.25) is 0 Å². The van der Waals surface area contributed by atoms with Crippen molar-refractivity contribution in [3.05, 3.63) is 30.7 Å². The van der Waals surface area contributed by atoms with Gasteiger partial charge in [0.1, 0.15) is 12.4 Å². The lowest BCUT2D eigenvalue weighted by molar-refractivity contribution is -0.132. The number of aromatic nitrogens is 3. The second-order valence-electron chi connectivity index (χ2n) is 5.34. The summed E-state index contributed by atoms with van der Waals surface area (Å²) in [6.07, 6.45) is 8.76. The summed E-state index contributed by atoms with van der Waals surface area (Å²) in [6.45, 7) is 2.03. The average Bonchev–Trinajstić information content (AvgIpc) is 2.97. The minimum atomic E-state index is 0.139. The molecule has 2 aromatic heterocycles. The SMILES string of the molecule is Nc1ccc(-c2cnn(CC(=O)N3CCCCC3)c2)cn1. The smallest absolute Gasteiger partial charge is 0.244 e. The topological polar surface area (TPSA) is 77.0 Å². The molecule has 6 nitrogen and oxygen atoms in total. The van der Waals surface area contributed by atoms with Crippen LogP contribution < -0.4 is 5.73 Å². The fraction of sp³-hybridized carbons (Fsp3) is 0.400. The van der Waals surface area contributed by atoms with Crippen LogP contribution in [-0.4, -0.2) is 38.7 Å². The number of piperidine rings is 1. The Morgan fingerprint density at radius 1 is 1.14 bits per heavy atom. The van der Waals surface area contributed by atoms with E-state index in [1.54, 1.807) is 23.1 Å². The highest BCUT2D eigenvalue weighted by Gasteiger charge is 2.17. The predicted molar refractivity (Wildman–Crippen MR) is 80.3 cm³/mol. The molecule has 6 heteroatoms. The van der Waals surface area contributed by atoms with Crippen LogP contribution in [0, 0.1) is 0 Å². The Labute approximate surface area is 123 Å². The zero-order valence-electron chi connectivity index (χ0n) is 11.9. The van der Waals surface area contributed by atoms with E-state index in [1.807, 2.05) is 17.2 Å². The van der Waals surface area contributed by atoms with Gasteiger partial charge in [-0.2, -0.15) is 5.10 Å². The predicted octanol–water partition coefficient (Wildman–Crippen LogP) is 1.54. The fourth-order valence-electron chi connectivity index (χ4n) is 2.56. The summed E-state index contributed by atoms with van der Waals surface area (Å²) in [7, 11) is 0. The fourth-order valence-corrected chi connectivity index (χ4v) is 2.56. The molecule has 0 bridgehead atoms. The van der Waals surface area contributed by atoms with Crippen molar-refractivity contribution in [2.75, 3.05) is 18.8 Å². The van der Waals surface area contributed by atoms with Gasteiger partial charge in [0.15, 0.2) is 0 Å². The highest BCUT2D eigenvalue weighted by Crippen LogP contribution is 2.18. The second-order valence-corrected chi connectivity index (χ2v) is 5.34. The van der Waals surface area contributed by atoms with Gasteiger partial charge in [-0.15, -0.1) is 0 Å². The molecule has 1 amide bonds. The van der Waals surface area contributed by atoms with E-state index in [-0.39, 0.29) is 5.91 Å². The standard InChI is InChI=1S/C15H19N5O/c16-14-5-4-12(8-17-14)13-9-18-20(10-13)11-15(21)19-6-2-1-3-7-19/h4-5,8-10H,1-3,6-7,11H2,(H2,16,17). The summed E-state index contributed by atoms with van der Waals surface area (Å²) in [4.78, 5) is 18.2. The Morgan fingerprint density at radius 3 is 2.67 bits per heavy atom. The molecular weight excluding hydrogens is 266 g/mol. The van der Waals surface area contributed by atoms with E-state index in [9.17, 15) is 4.79 Å². The molecule has 110 valence electrons. The number of nitrogen functional groups attached to an aromatic ring is 1.